The third kappa shape index (κ3) is 2.05. The monoisotopic (exact) mass is 222 g/mol. The number of aromatic nitrogens is 2. The number of aryl methyl sites for hydroxylation is 1. The van der Waals surface area contributed by atoms with Gasteiger partial charge in [-0.3, -0.25) is 9.69 Å². The first-order valence-electron chi connectivity index (χ1n) is 5.29. The lowest BCUT2D eigenvalue weighted by molar-refractivity contribution is -0.128. The maximum absolute atomic E-state index is 11.7. The summed E-state index contributed by atoms with van der Waals surface area (Å²) in [4.78, 5) is 28.3. The van der Waals surface area contributed by atoms with Gasteiger partial charge in [-0.05, 0) is 6.42 Å². The molecule has 1 aliphatic rings. The van der Waals surface area contributed by atoms with E-state index in [1.165, 1.54) is 4.90 Å². The predicted molar refractivity (Wildman–Crippen MR) is 56.7 cm³/mol. The smallest absolute Gasteiger partial charge is 0.324 e. The minimum Gasteiger partial charge on any atom is -0.336 e. The fraction of sp³-hybridized carbons (Fsp3) is 0.500. The number of carbonyl (C=O) groups excluding carboxylic acids is 2. The first-order chi connectivity index (χ1) is 7.70. The van der Waals surface area contributed by atoms with E-state index in [-0.39, 0.29) is 18.5 Å². The average Bonchev–Trinajstić information content (AvgIpc) is 2.86. The number of imide groups is 1. The van der Waals surface area contributed by atoms with Gasteiger partial charge in [-0.25, -0.2) is 9.78 Å². The zero-order valence-electron chi connectivity index (χ0n) is 9.14. The Balaban J connectivity index is 1.99. The van der Waals surface area contributed by atoms with Crippen LogP contribution in [0.3, 0.4) is 0 Å². The van der Waals surface area contributed by atoms with Gasteiger partial charge in [0.1, 0.15) is 6.54 Å². The van der Waals surface area contributed by atoms with E-state index >= 15 is 0 Å². The van der Waals surface area contributed by atoms with Gasteiger partial charge in [-0.15, -0.1) is 0 Å². The normalized spacial score (nSPS) is 15.3. The van der Waals surface area contributed by atoms with Gasteiger partial charge in [0.15, 0.2) is 0 Å². The van der Waals surface area contributed by atoms with E-state index in [4.69, 9.17) is 0 Å². The Labute approximate surface area is 93.3 Å². The molecule has 1 aromatic heterocycles. The highest BCUT2D eigenvalue weighted by Crippen LogP contribution is 2.02. The molecule has 0 aromatic carbocycles. The molecule has 1 aliphatic heterocycles. The van der Waals surface area contributed by atoms with Crippen LogP contribution >= 0.6 is 0 Å². The van der Waals surface area contributed by atoms with Crippen LogP contribution in [0.2, 0.25) is 0 Å². The summed E-state index contributed by atoms with van der Waals surface area (Å²) in [6, 6.07) is -0.305. The second-order valence-corrected chi connectivity index (χ2v) is 3.67. The van der Waals surface area contributed by atoms with Crippen molar-refractivity contribution in [2.24, 2.45) is 0 Å². The molecule has 16 heavy (non-hydrogen) atoms. The largest absolute Gasteiger partial charge is 0.336 e. The molecule has 0 aliphatic carbocycles. The number of urea groups is 1. The summed E-state index contributed by atoms with van der Waals surface area (Å²) in [6.07, 6.45) is 4.28. The van der Waals surface area contributed by atoms with E-state index < -0.39 is 0 Å². The van der Waals surface area contributed by atoms with Gasteiger partial charge in [0.05, 0.1) is 12.0 Å². The van der Waals surface area contributed by atoms with Crippen LogP contribution in [-0.4, -0.2) is 39.5 Å². The van der Waals surface area contributed by atoms with Crippen molar-refractivity contribution in [3.05, 3.63) is 18.2 Å². The molecule has 0 atom stereocenters. The van der Waals surface area contributed by atoms with Crippen LogP contribution in [-0.2, 0) is 17.8 Å². The third-order valence-electron chi connectivity index (χ3n) is 2.52. The minimum absolute atomic E-state index is 0.167. The highest BCUT2D eigenvalue weighted by molar-refractivity contribution is 5.95. The highest BCUT2D eigenvalue weighted by Gasteiger charge is 2.25. The van der Waals surface area contributed by atoms with Crippen molar-refractivity contribution < 1.29 is 9.59 Å². The van der Waals surface area contributed by atoms with Gasteiger partial charge in [-0.2, -0.15) is 0 Å². The summed E-state index contributed by atoms with van der Waals surface area (Å²) in [7, 11) is 0. The Morgan fingerprint density at radius 1 is 1.62 bits per heavy atom. The minimum atomic E-state index is -0.305. The van der Waals surface area contributed by atoms with Gasteiger partial charge in [-0.1, -0.05) is 6.92 Å². The number of carbonyl (C=O) groups is 2. The second kappa shape index (κ2) is 4.34. The van der Waals surface area contributed by atoms with Crippen molar-refractivity contribution in [1.29, 1.82) is 0 Å². The number of rotatable bonds is 3. The Bertz CT molecular complexity index is 413. The summed E-state index contributed by atoms with van der Waals surface area (Å²) in [5, 5.41) is 2.59. The van der Waals surface area contributed by atoms with Crippen LogP contribution in [0, 0.1) is 0 Å². The fourth-order valence-corrected chi connectivity index (χ4v) is 1.63. The first-order valence-corrected chi connectivity index (χ1v) is 5.29. The van der Waals surface area contributed by atoms with Crippen LogP contribution in [0.15, 0.2) is 12.5 Å². The predicted octanol–water partition coefficient (Wildman–Crippen LogP) is -0.00270. The highest BCUT2D eigenvalue weighted by atomic mass is 16.2. The van der Waals surface area contributed by atoms with E-state index in [2.05, 4.69) is 10.3 Å². The van der Waals surface area contributed by atoms with Gasteiger partial charge in [0.2, 0.25) is 0 Å². The molecule has 2 heterocycles. The number of hydrogen-bond acceptors (Lipinski definition) is 3. The molecule has 6 nitrogen and oxygen atoms in total. The van der Waals surface area contributed by atoms with Crippen molar-refractivity contribution in [3.63, 3.8) is 0 Å². The standard InChI is InChI=1S/C10H14N4O2/c1-2-8-5-13(7-12-8)6-9(15)14-4-3-11-10(14)16/h5,7H,2-4,6H2,1H3,(H,11,16). The first kappa shape index (κ1) is 10.7. The number of hydrogen-bond donors (Lipinski definition) is 1. The quantitative estimate of drug-likeness (QED) is 0.782. The Morgan fingerprint density at radius 3 is 3.00 bits per heavy atom. The average molecular weight is 222 g/mol. The Kier molecular flexibility index (Phi) is 2.89. The molecule has 1 fully saturated rings. The van der Waals surface area contributed by atoms with E-state index in [0.717, 1.165) is 12.1 Å². The van der Waals surface area contributed by atoms with Crippen molar-refractivity contribution in [1.82, 2.24) is 19.8 Å². The molecular weight excluding hydrogens is 208 g/mol. The third-order valence-corrected chi connectivity index (χ3v) is 2.52. The maximum atomic E-state index is 11.7. The lowest BCUT2D eigenvalue weighted by atomic mass is 10.4. The molecule has 0 unspecified atom stereocenters. The number of imidazole rings is 1. The molecule has 0 spiro atoms. The zero-order valence-corrected chi connectivity index (χ0v) is 9.14. The summed E-state index contributed by atoms with van der Waals surface area (Å²) in [5.41, 5.74) is 0.943. The SMILES string of the molecule is CCc1cn(CC(=O)N2CCNC2=O)cn1. The van der Waals surface area contributed by atoms with Crippen LogP contribution in [0.25, 0.3) is 0 Å². The second-order valence-electron chi connectivity index (χ2n) is 3.67. The summed E-state index contributed by atoms with van der Waals surface area (Å²) < 4.78 is 1.70. The lowest BCUT2D eigenvalue weighted by Gasteiger charge is -2.11. The lowest BCUT2D eigenvalue weighted by Crippen LogP contribution is -2.36. The Hall–Kier alpha value is -1.85. The molecule has 0 saturated carbocycles. The fourth-order valence-electron chi connectivity index (χ4n) is 1.63. The van der Waals surface area contributed by atoms with Crippen molar-refractivity contribution in [3.8, 4) is 0 Å². The van der Waals surface area contributed by atoms with E-state index in [1.807, 2.05) is 13.1 Å². The zero-order chi connectivity index (χ0) is 11.5. The van der Waals surface area contributed by atoms with Gasteiger partial charge in [0.25, 0.3) is 5.91 Å². The molecule has 6 heteroatoms. The van der Waals surface area contributed by atoms with Crippen molar-refractivity contribution >= 4 is 11.9 Å². The number of nitrogens with one attached hydrogen (secondary N) is 1. The molecule has 1 N–H and O–H groups in total. The molecule has 0 bridgehead atoms. The van der Waals surface area contributed by atoms with Gasteiger partial charge in [0, 0.05) is 19.3 Å². The van der Waals surface area contributed by atoms with Crippen LogP contribution < -0.4 is 5.32 Å². The molecular formula is C10H14N4O2. The number of amides is 3. The van der Waals surface area contributed by atoms with Crippen molar-refractivity contribution in [2.45, 2.75) is 19.9 Å². The molecule has 2 rings (SSSR count). The molecule has 0 radical (unpaired) electrons. The van der Waals surface area contributed by atoms with Crippen LogP contribution in [0.4, 0.5) is 4.79 Å². The van der Waals surface area contributed by atoms with Crippen LogP contribution in [0.1, 0.15) is 12.6 Å². The summed E-state index contributed by atoms with van der Waals surface area (Å²) >= 11 is 0. The topological polar surface area (TPSA) is 67.2 Å². The summed E-state index contributed by atoms with van der Waals surface area (Å²) in [6.45, 7) is 3.16. The van der Waals surface area contributed by atoms with Crippen molar-refractivity contribution in [2.75, 3.05) is 13.1 Å². The van der Waals surface area contributed by atoms with E-state index in [1.54, 1.807) is 10.9 Å². The summed E-state index contributed by atoms with van der Waals surface area (Å²) in [5.74, 6) is -0.199. The molecule has 86 valence electrons. The Morgan fingerprint density at radius 2 is 2.44 bits per heavy atom. The van der Waals surface area contributed by atoms with Gasteiger partial charge >= 0.3 is 6.03 Å². The molecule has 3 amide bonds. The van der Waals surface area contributed by atoms with E-state index in [9.17, 15) is 9.59 Å². The number of nitrogens with zero attached hydrogens (tertiary/aromatic N) is 3. The molecule has 1 aromatic rings. The van der Waals surface area contributed by atoms with Gasteiger partial charge < -0.3 is 9.88 Å². The van der Waals surface area contributed by atoms with E-state index in [0.29, 0.717) is 13.1 Å². The molecule has 1 saturated heterocycles. The maximum Gasteiger partial charge on any atom is 0.324 e. The van der Waals surface area contributed by atoms with Crippen LogP contribution in [0.5, 0.6) is 0 Å².